The Labute approximate surface area is 107 Å². The minimum atomic E-state index is -0.289. The first kappa shape index (κ1) is 13.4. The SMILES string of the molecule is Cc1sc(C=C(CC(C)C)[N+](=O)[O-])cc1Br. The zero-order valence-corrected chi connectivity index (χ0v) is 11.9. The molecule has 16 heavy (non-hydrogen) atoms. The molecule has 0 bridgehead atoms. The van der Waals surface area contributed by atoms with Crippen molar-refractivity contribution in [2.24, 2.45) is 5.92 Å². The molecule has 0 unspecified atom stereocenters. The van der Waals surface area contributed by atoms with Crippen molar-refractivity contribution >= 4 is 33.3 Å². The molecule has 0 saturated heterocycles. The molecule has 1 aromatic rings. The van der Waals surface area contributed by atoms with Gasteiger partial charge in [-0.2, -0.15) is 0 Å². The number of thiophene rings is 1. The fourth-order valence-corrected chi connectivity index (χ4v) is 2.84. The highest BCUT2D eigenvalue weighted by Gasteiger charge is 2.14. The molecule has 0 atom stereocenters. The molecule has 3 nitrogen and oxygen atoms in total. The maximum absolute atomic E-state index is 10.9. The van der Waals surface area contributed by atoms with Crippen molar-refractivity contribution in [2.75, 3.05) is 0 Å². The first-order valence-electron chi connectivity index (χ1n) is 5.01. The fourth-order valence-electron chi connectivity index (χ4n) is 1.32. The lowest BCUT2D eigenvalue weighted by atomic mass is 10.1. The van der Waals surface area contributed by atoms with Crippen LogP contribution in [0.25, 0.3) is 6.08 Å². The summed E-state index contributed by atoms with van der Waals surface area (Å²) < 4.78 is 1.01. The molecule has 1 aromatic heterocycles. The number of nitro groups is 1. The van der Waals surface area contributed by atoms with Crippen molar-refractivity contribution in [2.45, 2.75) is 27.2 Å². The number of halogens is 1. The van der Waals surface area contributed by atoms with Crippen LogP contribution in [0, 0.1) is 23.0 Å². The molecule has 0 aromatic carbocycles. The largest absolute Gasteiger partial charge is 0.259 e. The third-order valence-corrected chi connectivity index (χ3v) is 4.12. The number of aryl methyl sites for hydroxylation is 1. The maximum atomic E-state index is 10.9. The zero-order valence-electron chi connectivity index (χ0n) is 9.49. The van der Waals surface area contributed by atoms with Crippen LogP contribution in [0.15, 0.2) is 16.2 Å². The van der Waals surface area contributed by atoms with E-state index in [2.05, 4.69) is 15.9 Å². The molecule has 88 valence electrons. The van der Waals surface area contributed by atoms with Crippen LogP contribution in [0.5, 0.6) is 0 Å². The Morgan fingerprint density at radius 1 is 1.69 bits per heavy atom. The summed E-state index contributed by atoms with van der Waals surface area (Å²) in [5, 5.41) is 10.9. The van der Waals surface area contributed by atoms with Crippen molar-refractivity contribution in [1.29, 1.82) is 0 Å². The lowest BCUT2D eigenvalue weighted by Gasteiger charge is -2.01. The number of allylic oxidation sites excluding steroid dienone is 1. The predicted molar refractivity (Wildman–Crippen MR) is 71.2 cm³/mol. The first-order chi connectivity index (χ1) is 7.40. The van der Waals surface area contributed by atoms with Crippen LogP contribution in [0.3, 0.4) is 0 Å². The summed E-state index contributed by atoms with van der Waals surface area (Å²) in [6.07, 6.45) is 2.17. The van der Waals surface area contributed by atoms with Crippen molar-refractivity contribution in [3.8, 4) is 0 Å². The molecule has 0 amide bonds. The van der Waals surface area contributed by atoms with Gasteiger partial charge in [-0.05, 0) is 34.8 Å². The Balaban J connectivity index is 2.97. The Morgan fingerprint density at radius 2 is 2.31 bits per heavy atom. The molecule has 0 radical (unpaired) electrons. The van der Waals surface area contributed by atoms with E-state index in [9.17, 15) is 10.1 Å². The van der Waals surface area contributed by atoms with Gasteiger partial charge in [-0.25, -0.2) is 0 Å². The Bertz CT molecular complexity index is 404. The topological polar surface area (TPSA) is 43.1 Å². The smallest absolute Gasteiger partial charge is 0.247 e. The second-order valence-electron chi connectivity index (χ2n) is 4.04. The van der Waals surface area contributed by atoms with Gasteiger partial charge in [-0.3, -0.25) is 10.1 Å². The number of nitrogens with zero attached hydrogens (tertiary/aromatic N) is 1. The van der Waals surface area contributed by atoms with E-state index in [-0.39, 0.29) is 10.6 Å². The van der Waals surface area contributed by atoms with Gasteiger partial charge in [0, 0.05) is 26.7 Å². The predicted octanol–water partition coefficient (Wildman–Crippen LogP) is 4.48. The van der Waals surface area contributed by atoms with Gasteiger partial charge in [0.15, 0.2) is 0 Å². The van der Waals surface area contributed by atoms with Crippen molar-refractivity contribution in [3.05, 3.63) is 36.1 Å². The monoisotopic (exact) mass is 303 g/mol. The van der Waals surface area contributed by atoms with Crippen LogP contribution < -0.4 is 0 Å². The van der Waals surface area contributed by atoms with Gasteiger partial charge >= 0.3 is 0 Å². The van der Waals surface area contributed by atoms with E-state index >= 15 is 0 Å². The van der Waals surface area contributed by atoms with E-state index in [1.54, 1.807) is 17.4 Å². The van der Waals surface area contributed by atoms with Gasteiger partial charge in [-0.15, -0.1) is 11.3 Å². The molecule has 0 saturated carbocycles. The Morgan fingerprint density at radius 3 is 2.69 bits per heavy atom. The fraction of sp³-hybridized carbons (Fsp3) is 0.455. The van der Waals surface area contributed by atoms with E-state index in [0.717, 1.165) is 14.2 Å². The Hall–Kier alpha value is -0.680. The second kappa shape index (κ2) is 5.59. The van der Waals surface area contributed by atoms with Gasteiger partial charge in [0.1, 0.15) is 0 Å². The standard InChI is InChI=1S/C11H14BrNO2S/c1-7(2)4-9(13(14)15)5-10-6-11(12)8(3)16-10/h5-7H,4H2,1-3H3. The highest BCUT2D eigenvalue weighted by Crippen LogP contribution is 2.28. The van der Waals surface area contributed by atoms with Crippen LogP contribution in [0.2, 0.25) is 0 Å². The minimum Gasteiger partial charge on any atom is -0.259 e. The van der Waals surface area contributed by atoms with Gasteiger partial charge in [0.05, 0.1) is 4.92 Å². The summed E-state index contributed by atoms with van der Waals surface area (Å²) in [6.45, 7) is 5.94. The molecule has 0 aliphatic rings. The molecule has 0 aliphatic heterocycles. The van der Waals surface area contributed by atoms with Crippen molar-refractivity contribution in [1.82, 2.24) is 0 Å². The van der Waals surface area contributed by atoms with E-state index < -0.39 is 0 Å². The van der Waals surface area contributed by atoms with Gasteiger partial charge in [-0.1, -0.05) is 13.8 Å². The number of rotatable bonds is 4. The molecule has 0 N–H and O–H groups in total. The van der Waals surface area contributed by atoms with E-state index in [1.165, 1.54) is 0 Å². The van der Waals surface area contributed by atoms with Crippen LogP contribution in [-0.4, -0.2) is 4.92 Å². The summed E-state index contributed by atoms with van der Waals surface area (Å²) in [7, 11) is 0. The number of hydrogen-bond donors (Lipinski definition) is 0. The Kier molecular flexibility index (Phi) is 4.68. The van der Waals surface area contributed by atoms with E-state index in [1.807, 2.05) is 26.8 Å². The molecular weight excluding hydrogens is 290 g/mol. The lowest BCUT2D eigenvalue weighted by molar-refractivity contribution is -0.427. The molecule has 1 heterocycles. The molecule has 0 spiro atoms. The molecule has 1 rings (SSSR count). The summed E-state index contributed by atoms with van der Waals surface area (Å²) >= 11 is 4.96. The number of hydrogen-bond acceptors (Lipinski definition) is 3. The van der Waals surface area contributed by atoms with Gasteiger partial charge in [0.25, 0.3) is 0 Å². The quantitative estimate of drug-likeness (QED) is 0.608. The summed E-state index contributed by atoms with van der Waals surface area (Å²) in [5.41, 5.74) is 0.281. The molecular formula is C11H14BrNO2S. The van der Waals surface area contributed by atoms with E-state index in [4.69, 9.17) is 0 Å². The second-order valence-corrected chi connectivity index (χ2v) is 6.19. The first-order valence-corrected chi connectivity index (χ1v) is 6.62. The average molecular weight is 304 g/mol. The van der Waals surface area contributed by atoms with Crippen LogP contribution in [-0.2, 0) is 0 Å². The molecule has 5 heteroatoms. The van der Waals surface area contributed by atoms with Crippen LogP contribution >= 0.6 is 27.3 Å². The third kappa shape index (κ3) is 3.72. The van der Waals surface area contributed by atoms with Crippen molar-refractivity contribution in [3.63, 3.8) is 0 Å². The minimum absolute atomic E-state index is 0.281. The lowest BCUT2D eigenvalue weighted by Crippen LogP contribution is -2.01. The zero-order chi connectivity index (χ0) is 12.3. The highest BCUT2D eigenvalue weighted by molar-refractivity contribution is 9.10. The normalized spacial score (nSPS) is 12.2. The van der Waals surface area contributed by atoms with Crippen LogP contribution in [0.4, 0.5) is 0 Å². The summed E-state index contributed by atoms with van der Waals surface area (Å²) in [4.78, 5) is 12.6. The average Bonchev–Trinajstić information content (AvgIpc) is 2.44. The third-order valence-electron chi connectivity index (χ3n) is 2.04. The highest BCUT2D eigenvalue weighted by atomic mass is 79.9. The molecule has 0 aliphatic carbocycles. The summed E-state index contributed by atoms with van der Waals surface area (Å²) in [5.74, 6) is 0.293. The van der Waals surface area contributed by atoms with Crippen molar-refractivity contribution < 1.29 is 4.92 Å². The summed E-state index contributed by atoms with van der Waals surface area (Å²) in [6, 6.07) is 1.92. The van der Waals surface area contributed by atoms with E-state index in [0.29, 0.717) is 12.3 Å². The van der Waals surface area contributed by atoms with Gasteiger partial charge in [0.2, 0.25) is 5.70 Å². The molecule has 0 fully saturated rings. The maximum Gasteiger partial charge on any atom is 0.247 e. The van der Waals surface area contributed by atoms with Crippen LogP contribution in [0.1, 0.15) is 30.0 Å². The van der Waals surface area contributed by atoms with Gasteiger partial charge < -0.3 is 0 Å².